The predicted octanol–water partition coefficient (Wildman–Crippen LogP) is -0.198. The molecule has 0 radical (unpaired) electrons. The number of hydrogen-bond acceptors (Lipinski definition) is 5. The normalized spacial score (nSPS) is 12.3. The van der Waals surface area contributed by atoms with Crippen molar-refractivity contribution in [3.63, 3.8) is 0 Å². The first-order chi connectivity index (χ1) is 9.53. The minimum absolute atomic E-state index is 0.0588. The maximum Gasteiger partial charge on any atom is 0.240 e. The van der Waals surface area contributed by atoms with Crippen molar-refractivity contribution in [1.82, 2.24) is 9.44 Å². The van der Waals surface area contributed by atoms with Crippen LogP contribution in [-0.4, -0.2) is 41.2 Å². The first kappa shape index (κ1) is 18.3. The van der Waals surface area contributed by atoms with Crippen LogP contribution in [0, 0.1) is 0 Å². The van der Waals surface area contributed by atoms with E-state index in [4.69, 9.17) is 29.6 Å². The summed E-state index contributed by atoms with van der Waals surface area (Å²) in [6.45, 7) is -0.152. The van der Waals surface area contributed by atoms with Crippen LogP contribution in [0.1, 0.15) is 5.56 Å². The lowest BCUT2D eigenvalue weighted by Gasteiger charge is -2.09. The molecule has 0 bridgehead atoms. The number of hydrogen-bond donors (Lipinski definition) is 3. The number of sulfonamides is 2. The summed E-state index contributed by atoms with van der Waals surface area (Å²) in [5.41, 5.74) is 5.81. The van der Waals surface area contributed by atoms with Gasteiger partial charge >= 0.3 is 0 Å². The van der Waals surface area contributed by atoms with Crippen LogP contribution < -0.4 is 15.2 Å². The average molecular weight is 372 g/mol. The van der Waals surface area contributed by atoms with Crippen molar-refractivity contribution in [2.45, 2.75) is 4.90 Å². The summed E-state index contributed by atoms with van der Waals surface area (Å²) in [5, 5.41) is 0.125. The molecule has 118 valence electrons. The van der Waals surface area contributed by atoms with E-state index in [1.807, 2.05) is 0 Å². The van der Waals surface area contributed by atoms with Gasteiger partial charge in [-0.2, -0.15) is 0 Å². The lowest BCUT2D eigenvalue weighted by molar-refractivity contribution is 0.573. The van der Waals surface area contributed by atoms with Crippen LogP contribution in [0.5, 0.6) is 0 Å². The fourth-order valence-electron chi connectivity index (χ4n) is 1.37. The highest BCUT2D eigenvalue weighted by Crippen LogP contribution is 2.20. The Balaban J connectivity index is 2.79. The minimum atomic E-state index is -3.80. The number of nitrogens with two attached hydrogens (primary N) is 1. The Morgan fingerprint density at radius 1 is 1.24 bits per heavy atom. The number of benzene rings is 1. The Kier molecular flexibility index (Phi) is 6.08. The van der Waals surface area contributed by atoms with E-state index in [9.17, 15) is 16.8 Å². The van der Waals surface area contributed by atoms with E-state index in [2.05, 4.69) is 9.44 Å². The maximum atomic E-state index is 12.0. The van der Waals surface area contributed by atoms with E-state index in [-0.39, 0.29) is 28.0 Å². The number of rotatable bonds is 7. The molecule has 1 aromatic rings. The number of halogens is 1. The van der Waals surface area contributed by atoms with E-state index in [1.165, 1.54) is 18.2 Å². The van der Waals surface area contributed by atoms with Crippen LogP contribution in [-0.2, 0) is 20.0 Å². The second kappa shape index (κ2) is 6.99. The van der Waals surface area contributed by atoms with Gasteiger partial charge in [0.2, 0.25) is 20.0 Å². The molecular weight excluding hydrogens is 358 g/mol. The van der Waals surface area contributed by atoms with Crippen molar-refractivity contribution in [1.29, 1.82) is 0 Å². The fourth-order valence-corrected chi connectivity index (χ4v) is 3.48. The van der Waals surface area contributed by atoms with Gasteiger partial charge in [-0.3, -0.25) is 0 Å². The molecule has 0 fully saturated rings. The summed E-state index contributed by atoms with van der Waals surface area (Å²) in [6, 6.07) is 3.95. The van der Waals surface area contributed by atoms with Gasteiger partial charge in [0.05, 0.1) is 16.2 Å². The van der Waals surface area contributed by atoms with E-state index in [0.29, 0.717) is 5.56 Å². The third-order valence-electron chi connectivity index (χ3n) is 2.30. The molecule has 0 spiro atoms. The highest BCUT2D eigenvalue weighted by Gasteiger charge is 2.16. The maximum absolute atomic E-state index is 12.0. The van der Waals surface area contributed by atoms with Gasteiger partial charge in [-0.15, -0.1) is 0 Å². The van der Waals surface area contributed by atoms with E-state index in [0.717, 1.165) is 6.26 Å². The molecule has 0 aliphatic rings. The molecule has 7 nitrogen and oxygen atoms in total. The highest BCUT2D eigenvalue weighted by atomic mass is 35.5. The Labute approximate surface area is 134 Å². The van der Waals surface area contributed by atoms with Crippen LogP contribution >= 0.6 is 23.8 Å². The van der Waals surface area contributed by atoms with Gasteiger partial charge in [-0.05, 0) is 18.2 Å². The van der Waals surface area contributed by atoms with Crippen molar-refractivity contribution in [2.75, 3.05) is 19.3 Å². The zero-order valence-electron chi connectivity index (χ0n) is 11.0. The van der Waals surface area contributed by atoms with Crippen LogP contribution in [0.15, 0.2) is 23.1 Å². The minimum Gasteiger partial charge on any atom is -0.389 e. The molecule has 1 rings (SSSR count). The second-order valence-electron chi connectivity index (χ2n) is 4.07. The molecule has 0 heterocycles. The van der Waals surface area contributed by atoms with Gasteiger partial charge in [0, 0.05) is 18.7 Å². The predicted molar refractivity (Wildman–Crippen MR) is 85.4 cm³/mol. The molecule has 0 unspecified atom stereocenters. The summed E-state index contributed by atoms with van der Waals surface area (Å²) >= 11 is 10.7. The van der Waals surface area contributed by atoms with Gasteiger partial charge in [0.15, 0.2) is 0 Å². The quantitative estimate of drug-likeness (QED) is 0.451. The zero-order valence-corrected chi connectivity index (χ0v) is 14.2. The van der Waals surface area contributed by atoms with Gasteiger partial charge in [-0.1, -0.05) is 23.8 Å². The Morgan fingerprint density at radius 3 is 2.29 bits per heavy atom. The third-order valence-corrected chi connectivity index (χ3v) is 5.02. The molecule has 1 aromatic carbocycles. The standard InChI is InChI=1S/C10H14ClN3O4S3/c1-20(15,16)13-4-5-14-21(17,18)7-2-3-8(10(12)19)9(11)6-7/h2-3,6,13-14H,4-5H2,1H3,(H2,12,19). The Morgan fingerprint density at radius 2 is 1.81 bits per heavy atom. The Bertz CT molecular complexity index is 747. The molecule has 0 saturated carbocycles. The van der Waals surface area contributed by atoms with Crippen molar-refractivity contribution < 1.29 is 16.8 Å². The largest absolute Gasteiger partial charge is 0.389 e. The van der Waals surface area contributed by atoms with Crippen LogP contribution in [0.3, 0.4) is 0 Å². The first-order valence-corrected chi connectivity index (χ1v) is 9.72. The summed E-state index contributed by atoms with van der Waals surface area (Å²) in [5.74, 6) is 0. The molecular formula is C10H14ClN3O4S3. The summed E-state index contributed by atoms with van der Waals surface area (Å²) in [6.07, 6.45) is 0.982. The highest BCUT2D eigenvalue weighted by molar-refractivity contribution is 7.89. The monoisotopic (exact) mass is 371 g/mol. The average Bonchev–Trinajstić information content (AvgIpc) is 2.33. The molecule has 0 aromatic heterocycles. The molecule has 11 heteroatoms. The topological polar surface area (TPSA) is 118 Å². The molecule has 0 saturated heterocycles. The second-order valence-corrected chi connectivity index (χ2v) is 8.52. The number of nitrogens with one attached hydrogen (secondary N) is 2. The van der Waals surface area contributed by atoms with Crippen LogP contribution in [0.2, 0.25) is 5.02 Å². The van der Waals surface area contributed by atoms with Crippen molar-refractivity contribution >= 4 is 48.9 Å². The summed E-state index contributed by atoms with van der Waals surface area (Å²) in [7, 11) is -7.16. The van der Waals surface area contributed by atoms with E-state index < -0.39 is 20.0 Å². The van der Waals surface area contributed by atoms with Crippen molar-refractivity contribution in [3.05, 3.63) is 28.8 Å². The van der Waals surface area contributed by atoms with Crippen molar-refractivity contribution in [3.8, 4) is 0 Å². The number of thiocarbonyl (C=S) groups is 1. The molecule has 0 atom stereocenters. The van der Waals surface area contributed by atoms with E-state index >= 15 is 0 Å². The van der Waals surface area contributed by atoms with Crippen LogP contribution in [0.25, 0.3) is 0 Å². The Hall–Kier alpha value is -0.780. The molecule has 4 N–H and O–H groups in total. The third kappa shape index (κ3) is 5.85. The molecule has 0 amide bonds. The van der Waals surface area contributed by atoms with E-state index in [1.54, 1.807) is 0 Å². The summed E-state index contributed by atoms with van der Waals surface area (Å²) in [4.78, 5) is 0.00103. The lowest BCUT2D eigenvalue weighted by Crippen LogP contribution is -2.34. The zero-order chi connectivity index (χ0) is 16.3. The smallest absolute Gasteiger partial charge is 0.240 e. The van der Waals surface area contributed by atoms with Crippen molar-refractivity contribution in [2.24, 2.45) is 5.73 Å². The molecule has 0 aliphatic heterocycles. The van der Waals surface area contributed by atoms with Gasteiger partial charge in [0.25, 0.3) is 0 Å². The SMILES string of the molecule is CS(=O)(=O)NCCNS(=O)(=O)c1ccc(C(N)=S)c(Cl)c1. The fraction of sp³-hybridized carbons (Fsp3) is 0.300. The first-order valence-electron chi connectivity index (χ1n) is 5.56. The van der Waals surface area contributed by atoms with Crippen LogP contribution in [0.4, 0.5) is 0 Å². The lowest BCUT2D eigenvalue weighted by atomic mass is 10.2. The molecule has 21 heavy (non-hydrogen) atoms. The van der Waals surface area contributed by atoms with Gasteiger partial charge < -0.3 is 5.73 Å². The van der Waals surface area contributed by atoms with Gasteiger partial charge in [0.1, 0.15) is 4.99 Å². The molecule has 0 aliphatic carbocycles. The summed E-state index contributed by atoms with van der Waals surface area (Å²) < 4.78 is 50.1. The van der Waals surface area contributed by atoms with Gasteiger partial charge in [-0.25, -0.2) is 26.3 Å².